The number of thiophene rings is 1. The van der Waals surface area contributed by atoms with E-state index in [0.717, 1.165) is 11.3 Å². The van der Waals surface area contributed by atoms with Crippen molar-refractivity contribution >= 4 is 41.4 Å². The predicted octanol–water partition coefficient (Wildman–Crippen LogP) is 4.42. The number of anilines is 1. The minimum Gasteiger partial charge on any atom is -0.399 e. The van der Waals surface area contributed by atoms with Gasteiger partial charge in [-0.2, -0.15) is 5.10 Å². The standard InChI is InChI=1S/C17H14N4OS.C2H6/c1-19-21-14(12-4-2-5-13(18)10-12)7-8-20-17(21)11-15(22)16-6-3-9-23-16;1-2/h2-11H,1,18H2;1-2H3/b17-11+;. The van der Waals surface area contributed by atoms with E-state index in [-0.39, 0.29) is 5.78 Å². The van der Waals surface area contributed by atoms with Crippen molar-refractivity contribution in [2.24, 2.45) is 10.1 Å². The number of nitrogen functional groups attached to an aromatic ring is 1. The van der Waals surface area contributed by atoms with Crippen molar-refractivity contribution in [1.29, 1.82) is 0 Å². The molecule has 0 saturated carbocycles. The second-order valence-electron chi connectivity index (χ2n) is 4.75. The number of nitrogens with zero attached hydrogens (tertiary/aromatic N) is 3. The third kappa shape index (κ3) is 4.30. The normalized spacial score (nSPS) is 14.6. The minimum atomic E-state index is -0.116. The molecule has 0 radical (unpaired) electrons. The Morgan fingerprint density at radius 1 is 1.32 bits per heavy atom. The summed E-state index contributed by atoms with van der Waals surface area (Å²) < 4.78 is 0. The lowest BCUT2D eigenvalue weighted by molar-refractivity contribution is 0.104. The Morgan fingerprint density at radius 2 is 2.12 bits per heavy atom. The number of aliphatic imine (C=N–C) groups is 1. The van der Waals surface area contributed by atoms with Crippen molar-refractivity contribution in [2.45, 2.75) is 13.8 Å². The topological polar surface area (TPSA) is 71.0 Å². The summed E-state index contributed by atoms with van der Waals surface area (Å²) in [6.07, 6.45) is 4.89. The molecule has 1 aliphatic heterocycles. The number of carbonyl (C=O) groups excluding carboxylic acids is 1. The Kier molecular flexibility index (Phi) is 6.42. The van der Waals surface area contributed by atoms with E-state index in [4.69, 9.17) is 5.73 Å². The fourth-order valence-corrected chi connectivity index (χ4v) is 2.84. The number of hydrogen-bond donors (Lipinski definition) is 1. The molecule has 25 heavy (non-hydrogen) atoms. The molecule has 1 aromatic heterocycles. The summed E-state index contributed by atoms with van der Waals surface area (Å²) >= 11 is 1.39. The molecule has 0 atom stereocenters. The van der Waals surface area contributed by atoms with E-state index in [9.17, 15) is 4.79 Å². The van der Waals surface area contributed by atoms with Gasteiger partial charge in [-0.3, -0.25) is 4.79 Å². The van der Waals surface area contributed by atoms with Crippen LogP contribution >= 0.6 is 11.3 Å². The lowest BCUT2D eigenvalue weighted by atomic mass is 10.1. The van der Waals surface area contributed by atoms with Crippen LogP contribution in [-0.2, 0) is 0 Å². The summed E-state index contributed by atoms with van der Waals surface area (Å²) in [5.41, 5.74) is 8.12. The maximum absolute atomic E-state index is 12.3. The Labute approximate surface area is 151 Å². The Bertz CT molecular complexity index is 835. The highest BCUT2D eigenvalue weighted by molar-refractivity contribution is 7.12. The van der Waals surface area contributed by atoms with Crippen molar-refractivity contribution in [3.8, 4) is 0 Å². The van der Waals surface area contributed by atoms with Crippen LogP contribution in [0, 0.1) is 0 Å². The second kappa shape index (κ2) is 8.75. The first-order valence-corrected chi connectivity index (χ1v) is 8.73. The van der Waals surface area contributed by atoms with Gasteiger partial charge in [-0.25, -0.2) is 10.0 Å². The first-order valence-electron chi connectivity index (χ1n) is 7.85. The molecule has 0 aliphatic carbocycles. The van der Waals surface area contributed by atoms with Crippen LogP contribution in [0.3, 0.4) is 0 Å². The van der Waals surface area contributed by atoms with Gasteiger partial charge in [0.2, 0.25) is 0 Å². The molecule has 0 bridgehead atoms. The molecular weight excluding hydrogens is 332 g/mol. The molecule has 1 aromatic carbocycles. The summed E-state index contributed by atoms with van der Waals surface area (Å²) in [6.45, 7) is 7.58. The first kappa shape index (κ1) is 18.4. The predicted molar refractivity (Wildman–Crippen MR) is 107 cm³/mol. The van der Waals surface area contributed by atoms with E-state index in [0.29, 0.717) is 16.4 Å². The van der Waals surface area contributed by atoms with Gasteiger partial charge in [-0.05, 0) is 29.7 Å². The number of nitrogens with two attached hydrogens (primary N) is 1. The van der Waals surface area contributed by atoms with Gasteiger partial charge in [0.25, 0.3) is 0 Å². The van der Waals surface area contributed by atoms with Crippen molar-refractivity contribution in [3.05, 3.63) is 70.2 Å². The van der Waals surface area contributed by atoms with E-state index in [2.05, 4.69) is 16.8 Å². The fraction of sp³-hybridized carbons (Fsp3) is 0.105. The van der Waals surface area contributed by atoms with Gasteiger partial charge in [0.15, 0.2) is 11.6 Å². The van der Waals surface area contributed by atoms with E-state index in [1.165, 1.54) is 22.4 Å². The number of allylic oxidation sites excluding steroid dienone is 2. The zero-order valence-electron chi connectivity index (χ0n) is 14.2. The molecule has 0 fully saturated rings. The summed E-state index contributed by atoms with van der Waals surface area (Å²) in [7, 11) is 0. The van der Waals surface area contributed by atoms with Gasteiger partial charge in [0.1, 0.15) is 0 Å². The quantitative estimate of drug-likeness (QED) is 0.383. The highest BCUT2D eigenvalue weighted by Crippen LogP contribution is 2.28. The summed E-state index contributed by atoms with van der Waals surface area (Å²) in [5, 5.41) is 7.38. The molecule has 6 heteroatoms. The average Bonchev–Trinajstić information content (AvgIpc) is 3.18. The molecule has 3 rings (SSSR count). The molecule has 5 nitrogen and oxygen atoms in total. The number of rotatable bonds is 4. The number of carbonyl (C=O) groups is 1. The van der Waals surface area contributed by atoms with Crippen molar-refractivity contribution in [2.75, 3.05) is 5.73 Å². The largest absolute Gasteiger partial charge is 0.399 e. The zero-order chi connectivity index (χ0) is 18.2. The van der Waals surface area contributed by atoms with Crippen LogP contribution in [-0.4, -0.2) is 23.7 Å². The average molecular weight is 352 g/mol. The van der Waals surface area contributed by atoms with Crippen LogP contribution in [0.2, 0.25) is 0 Å². The SMILES string of the molecule is C=NN1C(c2cccc(N)c2)=CC=N/C1=C\C(=O)c1cccs1.CC. The molecule has 2 aromatic rings. The third-order valence-electron chi connectivity index (χ3n) is 3.23. The summed E-state index contributed by atoms with van der Waals surface area (Å²) in [6, 6.07) is 11.0. The fourth-order valence-electron chi connectivity index (χ4n) is 2.20. The van der Waals surface area contributed by atoms with E-state index in [1.54, 1.807) is 18.4 Å². The maximum atomic E-state index is 12.3. The van der Waals surface area contributed by atoms with Crippen LogP contribution in [0.5, 0.6) is 0 Å². The molecule has 2 heterocycles. The summed E-state index contributed by atoms with van der Waals surface area (Å²) in [5.74, 6) is 0.299. The Morgan fingerprint density at radius 3 is 2.76 bits per heavy atom. The molecule has 128 valence electrons. The summed E-state index contributed by atoms with van der Waals surface area (Å²) in [4.78, 5) is 17.1. The Balaban J connectivity index is 0.00000109. The molecular formula is C19H20N4OS. The van der Waals surface area contributed by atoms with Crippen LogP contribution in [0.25, 0.3) is 5.70 Å². The minimum absolute atomic E-state index is 0.116. The van der Waals surface area contributed by atoms with Gasteiger partial charge in [0, 0.05) is 30.3 Å². The zero-order valence-corrected chi connectivity index (χ0v) is 15.0. The van der Waals surface area contributed by atoms with Gasteiger partial charge >= 0.3 is 0 Å². The number of benzene rings is 1. The van der Waals surface area contributed by atoms with E-state index in [1.807, 2.05) is 49.6 Å². The van der Waals surface area contributed by atoms with Gasteiger partial charge in [-0.15, -0.1) is 11.3 Å². The highest BCUT2D eigenvalue weighted by Gasteiger charge is 2.19. The molecule has 0 unspecified atom stereocenters. The van der Waals surface area contributed by atoms with Crippen molar-refractivity contribution in [1.82, 2.24) is 5.01 Å². The van der Waals surface area contributed by atoms with Crippen molar-refractivity contribution < 1.29 is 4.79 Å². The van der Waals surface area contributed by atoms with Gasteiger partial charge in [-0.1, -0.05) is 32.0 Å². The van der Waals surface area contributed by atoms with Gasteiger partial charge < -0.3 is 5.73 Å². The van der Waals surface area contributed by atoms with Crippen LogP contribution < -0.4 is 5.73 Å². The van der Waals surface area contributed by atoms with E-state index >= 15 is 0 Å². The van der Waals surface area contributed by atoms with Crippen LogP contribution in [0.1, 0.15) is 29.1 Å². The number of hydrazone groups is 1. The Hall–Kier alpha value is -2.99. The maximum Gasteiger partial charge on any atom is 0.199 e. The second-order valence-corrected chi connectivity index (χ2v) is 5.70. The lowest BCUT2D eigenvalue weighted by Gasteiger charge is -2.24. The molecule has 0 spiro atoms. The van der Waals surface area contributed by atoms with Crippen LogP contribution in [0.4, 0.5) is 5.69 Å². The van der Waals surface area contributed by atoms with Gasteiger partial charge in [0.05, 0.1) is 10.6 Å². The molecule has 0 amide bonds. The molecule has 1 aliphatic rings. The van der Waals surface area contributed by atoms with E-state index < -0.39 is 0 Å². The monoisotopic (exact) mass is 352 g/mol. The molecule has 2 N–H and O–H groups in total. The lowest BCUT2D eigenvalue weighted by Crippen LogP contribution is -2.18. The first-order chi connectivity index (χ1) is 12.2. The number of hydrogen-bond acceptors (Lipinski definition) is 6. The number of ketones is 1. The smallest absolute Gasteiger partial charge is 0.199 e. The third-order valence-corrected chi connectivity index (χ3v) is 4.12. The highest BCUT2D eigenvalue weighted by atomic mass is 32.1. The molecule has 0 saturated heterocycles. The van der Waals surface area contributed by atoms with Crippen LogP contribution in [0.15, 0.2) is 69.8 Å². The van der Waals surface area contributed by atoms with Crippen molar-refractivity contribution in [3.63, 3.8) is 0 Å².